The third-order valence-electron chi connectivity index (χ3n) is 7.52. The SMILES string of the molecule is CCN1CCC(N(CC)CCC(=O)Nc2cccc(-c3cc(-c4ccccc4O)nc(N)c3C#N)c2)C1.O=C(O)C(F)(F)F.O=C(O)C(F)(F)F. The number of pyridine rings is 1. The number of aliphatic carboxylic acids is 2. The van der Waals surface area contributed by atoms with Gasteiger partial charge in [0.1, 0.15) is 23.2 Å². The van der Waals surface area contributed by atoms with Gasteiger partial charge in [-0.05, 0) is 62.0 Å². The molecule has 0 radical (unpaired) electrons. The third kappa shape index (κ3) is 12.8. The van der Waals surface area contributed by atoms with Crippen molar-refractivity contribution in [2.45, 2.75) is 45.1 Å². The van der Waals surface area contributed by atoms with Crippen molar-refractivity contribution < 1.29 is 56.0 Å². The molecule has 1 amide bonds. The molecule has 12 nitrogen and oxygen atoms in total. The minimum absolute atomic E-state index is 0.0504. The van der Waals surface area contributed by atoms with E-state index in [0.29, 0.717) is 41.5 Å². The van der Waals surface area contributed by atoms with E-state index in [1.165, 1.54) is 0 Å². The highest BCUT2D eigenvalue weighted by Crippen LogP contribution is 2.35. The Morgan fingerprint density at radius 3 is 2.12 bits per heavy atom. The van der Waals surface area contributed by atoms with Crippen molar-refractivity contribution in [1.29, 1.82) is 5.26 Å². The maximum Gasteiger partial charge on any atom is 0.490 e. The second kappa shape index (κ2) is 18.5. The van der Waals surface area contributed by atoms with Crippen LogP contribution in [0.5, 0.6) is 5.75 Å². The standard InChI is InChI=1S/C29H34N6O2.2C2HF3O2/c1-3-34-14-12-22(19-34)35(4-2)15-13-28(37)32-21-9-7-8-20(16-21)24-17-26(33-29(31)25(24)18-30)23-10-5-6-11-27(23)36;2*3-2(4,5)1(6)7/h5-11,16-17,22,36H,3-4,12-15,19H2,1-2H3,(H2,31,33)(H,32,37);2*(H,6,7). The molecule has 18 heteroatoms. The van der Waals surface area contributed by atoms with Gasteiger partial charge in [0.05, 0.1) is 5.69 Å². The van der Waals surface area contributed by atoms with E-state index in [1.54, 1.807) is 30.3 Å². The summed E-state index contributed by atoms with van der Waals surface area (Å²) in [5.41, 5.74) is 9.32. The zero-order valence-corrected chi connectivity index (χ0v) is 27.4. The first kappa shape index (κ1) is 41.8. The molecule has 1 fully saturated rings. The number of rotatable bonds is 9. The van der Waals surface area contributed by atoms with Crippen molar-refractivity contribution in [1.82, 2.24) is 14.8 Å². The molecule has 0 aliphatic carbocycles. The van der Waals surface area contributed by atoms with Gasteiger partial charge in [0.2, 0.25) is 5.91 Å². The van der Waals surface area contributed by atoms with E-state index in [0.717, 1.165) is 38.2 Å². The number of likely N-dealkylation sites (N-methyl/N-ethyl adjacent to an activating group) is 2. The Bertz CT molecular complexity index is 1690. The van der Waals surface area contributed by atoms with Crippen molar-refractivity contribution in [2.24, 2.45) is 0 Å². The summed E-state index contributed by atoms with van der Waals surface area (Å²) in [4.78, 5) is 39.8. The molecule has 0 bridgehead atoms. The van der Waals surface area contributed by atoms with Crippen molar-refractivity contribution >= 4 is 29.4 Å². The van der Waals surface area contributed by atoms with Gasteiger partial charge in [-0.3, -0.25) is 9.69 Å². The lowest BCUT2D eigenvalue weighted by molar-refractivity contribution is -0.193. The van der Waals surface area contributed by atoms with Crippen LogP contribution >= 0.6 is 0 Å². The van der Waals surface area contributed by atoms with Crippen molar-refractivity contribution in [3.63, 3.8) is 0 Å². The van der Waals surface area contributed by atoms with Gasteiger partial charge in [-0.25, -0.2) is 14.6 Å². The average Bonchev–Trinajstić information content (AvgIpc) is 3.54. The zero-order valence-electron chi connectivity index (χ0n) is 27.4. The van der Waals surface area contributed by atoms with Crippen LogP contribution in [0.15, 0.2) is 54.6 Å². The smallest absolute Gasteiger partial charge is 0.490 e. The molecule has 3 aromatic rings. The minimum Gasteiger partial charge on any atom is -0.507 e. The molecule has 1 atom stereocenters. The Labute approximate surface area is 288 Å². The number of phenols is 1. The number of carboxylic acid groups (broad SMARTS) is 2. The quantitative estimate of drug-likeness (QED) is 0.173. The second-order valence-electron chi connectivity index (χ2n) is 10.9. The molecule has 51 heavy (non-hydrogen) atoms. The molecule has 276 valence electrons. The topological polar surface area (TPSA) is 193 Å². The fourth-order valence-electron chi connectivity index (χ4n) is 4.97. The monoisotopic (exact) mass is 726 g/mol. The molecule has 1 saturated heterocycles. The van der Waals surface area contributed by atoms with Crippen molar-refractivity contribution in [3.8, 4) is 34.2 Å². The normalized spacial score (nSPS) is 14.4. The molecule has 0 saturated carbocycles. The third-order valence-corrected chi connectivity index (χ3v) is 7.52. The summed E-state index contributed by atoms with van der Waals surface area (Å²) in [6.07, 6.45) is -8.62. The van der Waals surface area contributed by atoms with Crippen LogP contribution in [0.3, 0.4) is 0 Å². The van der Waals surface area contributed by atoms with Crippen LogP contribution in [0.2, 0.25) is 0 Å². The Morgan fingerprint density at radius 1 is 1.00 bits per heavy atom. The largest absolute Gasteiger partial charge is 0.507 e. The molecule has 1 unspecified atom stereocenters. The highest BCUT2D eigenvalue weighted by molar-refractivity contribution is 5.92. The average molecular weight is 727 g/mol. The minimum atomic E-state index is -5.08. The number of hydrogen-bond acceptors (Lipinski definition) is 9. The summed E-state index contributed by atoms with van der Waals surface area (Å²) in [5, 5.41) is 37.3. The molecule has 2 aromatic carbocycles. The Hall–Kier alpha value is -5.41. The number of phenolic OH excluding ortho intramolecular Hbond substituents is 1. The number of nitrogens with one attached hydrogen (secondary N) is 1. The lowest BCUT2D eigenvalue weighted by Gasteiger charge is -2.27. The molecule has 4 rings (SSSR count). The lowest BCUT2D eigenvalue weighted by Crippen LogP contribution is -2.39. The molecule has 1 aliphatic heterocycles. The van der Waals surface area contributed by atoms with Gasteiger partial charge in [-0.2, -0.15) is 31.6 Å². The van der Waals surface area contributed by atoms with Crippen LogP contribution in [0, 0.1) is 11.3 Å². The summed E-state index contributed by atoms with van der Waals surface area (Å²) in [5.74, 6) is -5.40. The number of nitrogen functional groups attached to an aromatic ring is 1. The summed E-state index contributed by atoms with van der Waals surface area (Å²) >= 11 is 0. The van der Waals surface area contributed by atoms with E-state index in [9.17, 15) is 41.5 Å². The summed E-state index contributed by atoms with van der Waals surface area (Å²) < 4.78 is 63.5. The van der Waals surface area contributed by atoms with E-state index in [-0.39, 0.29) is 23.0 Å². The van der Waals surface area contributed by atoms with Gasteiger partial charge >= 0.3 is 24.3 Å². The van der Waals surface area contributed by atoms with E-state index in [4.69, 9.17) is 25.5 Å². The molecule has 1 aromatic heterocycles. The fourth-order valence-corrected chi connectivity index (χ4v) is 4.97. The van der Waals surface area contributed by atoms with Crippen LogP contribution in [-0.2, 0) is 14.4 Å². The van der Waals surface area contributed by atoms with Crippen LogP contribution < -0.4 is 11.1 Å². The number of aromatic nitrogens is 1. The second-order valence-corrected chi connectivity index (χ2v) is 10.9. The van der Waals surface area contributed by atoms with Crippen LogP contribution in [0.1, 0.15) is 32.3 Å². The van der Waals surface area contributed by atoms with Gasteiger partial charge in [0.15, 0.2) is 0 Å². The van der Waals surface area contributed by atoms with Gasteiger partial charge in [0.25, 0.3) is 0 Å². The molecule has 2 heterocycles. The number of nitriles is 1. The number of carbonyl (C=O) groups excluding carboxylic acids is 1. The number of alkyl halides is 6. The van der Waals surface area contributed by atoms with E-state index in [1.807, 2.05) is 24.3 Å². The number of carbonyl (C=O) groups is 3. The molecular formula is C33H36F6N6O6. The first-order valence-corrected chi connectivity index (χ1v) is 15.3. The number of benzene rings is 2. The molecule has 1 aliphatic rings. The van der Waals surface area contributed by atoms with Crippen LogP contribution in [-0.4, -0.2) is 99.1 Å². The maximum absolute atomic E-state index is 12.8. The number of nitrogens with two attached hydrogens (primary N) is 1. The maximum atomic E-state index is 12.8. The van der Waals surface area contributed by atoms with Gasteiger partial charge in [-0.15, -0.1) is 0 Å². The summed E-state index contributed by atoms with van der Waals surface area (Å²) in [6.45, 7) is 9.21. The van der Waals surface area contributed by atoms with Crippen molar-refractivity contribution in [3.05, 3.63) is 60.2 Å². The zero-order chi connectivity index (χ0) is 38.5. The van der Waals surface area contributed by atoms with Gasteiger partial charge in [-0.1, -0.05) is 38.1 Å². The number of aromatic hydroxyl groups is 1. The number of likely N-dealkylation sites (tertiary alicyclic amines) is 1. The number of amides is 1. The van der Waals surface area contributed by atoms with Crippen LogP contribution in [0.25, 0.3) is 22.4 Å². The first-order chi connectivity index (χ1) is 23.8. The number of hydrogen-bond donors (Lipinski definition) is 5. The number of nitrogens with zero attached hydrogens (tertiary/aromatic N) is 4. The molecular weight excluding hydrogens is 690 g/mol. The molecule has 0 spiro atoms. The molecule has 6 N–H and O–H groups in total. The number of para-hydroxylation sites is 1. The van der Waals surface area contributed by atoms with Crippen molar-refractivity contribution in [2.75, 3.05) is 43.8 Å². The number of anilines is 2. The predicted molar refractivity (Wildman–Crippen MR) is 174 cm³/mol. The first-order valence-electron chi connectivity index (χ1n) is 15.3. The van der Waals surface area contributed by atoms with E-state index >= 15 is 0 Å². The fraction of sp³-hybridized carbons (Fsp3) is 0.364. The lowest BCUT2D eigenvalue weighted by atomic mass is 9.97. The highest BCUT2D eigenvalue weighted by Gasteiger charge is 2.39. The van der Waals surface area contributed by atoms with E-state index in [2.05, 4.69) is 40.0 Å². The summed E-state index contributed by atoms with van der Waals surface area (Å²) in [7, 11) is 0. The van der Waals surface area contributed by atoms with Gasteiger partial charge in [0, 0.05) is 42.4 Å². The Balaban J connectivity index is 0.000000543. The van der Waals surface area contributed by atoms with Gasteiger partial charge < -0.3 is 31.3 Å². The Morgan fingerprint density at radius 2 is 1.61 bits per heavy atom. The summed E-state index contributed by atoms with van der Waals surface area (Å²) in [6, 6.07) is 18.6. The van der Waals surface area contributed by atoms with Crippen LogP contribution in [0.4, 0.5) is 37.8 Å². The Kier molecular flexibility index (Phi) is 15.2. The van der Waals surface area contributed by atoms with E-state index < -0.39 is 24.3 Å². The predicted octanol–water partition coefficient (Wildman–Crippen LogP) is 5.59. The highest BCUT2D eigenvalue weighted by atomic mass is 19.4. The number of halogens is 6. The number of carboxylic acids is 2.